The van der Waals surface area contributed by atoms with Crippen molar-refractivity contribution in [1.29, 1.82) is 0 Å². The smallest absolute Gasteiger partial charge is 0.255 e. The maximum Gasteiger partial charge on any atom is 0.255 e. The minimum atomic E-state index is -0.452. The summed E-state index contributed by atoms with van der Waals surface area (Å²) in [5, 5.41) is 2.78. The molecule has 2 amide bonds. The molecular weight excluding hydrogens is 324 g/mol. The van der Waals surface area contributed by atoms with Gasteiger partial charge >= 0.3 is 0 Å². The average molecular weight is 344 g/mol. The van der Waals surface area contributed by atoms with Crippen LogP contribution in [0.2, 0.25) is 0 Å². The number of amides is 2. The number of anilines is 1. The molecule has 0 saturated heterocycles. The van der Waals surface area contributed by atoms with E-state index >= 15 is 0 Å². The maximum atomic E-state index is 12.5. The molecule has 0 heterocycles. The highest BCUT2D eigenvalue weighted by Crippen LogP contribution is 2.29. The fourth-order valence-electron chi connectivity index (χ4n) is 2.13. The number of primary amides is 1. The van der Waals surface area contributed by atoms with E-state index in [9.17, 15) is 9.59 Å². The van der Waals surface area contributed by atoms with Crippen LogP contribution in [0.3, 0.4) is 0 Å². The second kappa shape index (κ2) is 8.58. The Kier molecular flexibility index (Phi) is 6.22. The van der Waals surface area contributed by atoms with Gasteiger partial charge in [0.25, 0.3) is 5.91 Å². The van der Waals surface area contributed by atoms with E-state index in [1.807, 2.05) is 0 Å². The van der Waals surface area contributed by atoms with E-state index in [1.54, 1.807) is 42.5 Å². The summed E-state index contributed by atoms with van der Waals surface area (Å²) in [7, 11) is 3.03. The molecule has 0 saturated carbocycles. The molecule has 0 radical (unpaired) electrons. The SMILES string of the molecule is COc1ccc(C(=O)Nc2ccccc2OCCC(N)=O)cc1OC. The molecule has 0 spiro atoms. The summed E-state index contributed by atoms with van der Waals surface area (Å²) < 4.78 is 15.9. The number of nitrogens with one attached hydrogen (secondary N) is 1. The highest BCUT2D eigenvalue weighted by Gasteiger charge is 2.13. The van der Waals surface area contributed by atoms with Crippen LogP contribution < -0.4 is 25.3 Å². The Labute approximate surface area is 145 Å². The lowest BCUT2D eigenvalue weighted by molar-refractivity contribution is -0.118. The van der Waals surface area contributed by atoms with Gasteiger partial charge in [0.15, 0.2) is 11.5 Å². The largest absolute Gasteiger partial charge is 0.493 e. The molecule has 25 heavy (non-hydrogen) atoms. The van der Waals surface area contributed by atoms with Gasteiger partial charge in [-0.05, 0) is 30.3 Å². The van der Waals surface area contributed by atoms with Gasteiger partial charge < -0.3 is 25.3 Å². The van der Waals surface area contributed by atoms with Gasteiger partial charge in [-0.2, -0.15) is 0 Å². The molecule has 0 aliphatic rings. The number of ether oxygens (including phenoxy) is 3. The molecule has 0 bridgehead atoms. The first-order valence-electron chi connectivity index (χ1n) is 7.58. The minimum absolute atomic E-state index is 0.0952. The lowest BCUT2D eigenvalue weighted by Crippen LogP contribution is -2.16. The Hall–Kier alpha value is -3.22. The number of para-hydroxylation sites is 2. The van der Waals surface area contributed by atoms with Crippen LogP contribution in [0.25, 0.3) is 0 Å². The molecule has 0 aliphatic carbocycles. The summed E-state index contributed by atoms with van der Waals surface area (Å²) >= 11 is 0. The van der Waals surface area contributed by atoms with E-state index in [4.69, 9.17) is 19.9 Å². The maximum absolute atomic E-state index is 12.5. The average Bonchev–Trinajstić information content (AvgIpc) is 2.62. The monoisotopic (exact) mass is 344 g/mol. The van der Waals surface area contributed by atoms with E-state index in [1.165, 1.54) is 14.2 Å². The quantitative estimate of drug-likeness (QED) is 0.765. The second-order valence-electron chi connectivity index (χ2n) is 5.08. The summed E-state index contributed by atoms with van der Waals surface area (Å²) in [6, 6.07) is 11.8. The van der Waals surface area contributed by atoms with Gasteiger partial charge in [-0.15, -0.1) is 0 Å². The third-order valence-electron chi connectivity index (χ3n) is 3.39. The number of benzene rings is 2. The first-order valence-corrected chi connectivity index (χ1v) is 7.58. The number of nitrogens with two attached hydrogens (primary N) is 1. The zero-order valence-corrected chi connectivity index (χ0v) is 14.1. The van der Waals surface area contributed by atoms with Crippen molar-refractivity contribution in [2.45, 2.75) is 6.42 Å². The molecule has 2 aromatic carbocycles. The highest BCUT2D eigenvalue weighted by atomic mass is 16.5. The molecule has 2 rings (SSSR count). The predicted octanol–water partition coefficient (Wildman–Crippen LogP) is 2.21. The van der Waals surface area contributed by atoms with Crippen LogP contribution in [0.4, 0.5) is 5.69 Å². The van der Waals surface area contributed by atoms with E-state index in [2.05, 4.69) is 5.32 Å². The molecule has 0 aromatic heterocycles. The summed E-state index contributed by atoms with van der Waals surface area (Å²) in [5.41, 5.74) is 5.99. The molecule has 0 fully saturated rings. The zero-order chi connectivity index (χ0) is 18.2. The summed E-state index contributed by atoms with van der Waals surface area (Å²) in [6.07, 6.45) is 0.0952. The summed E-state index contributed by atoms with van der Waals surface area (Å²) in [5.74, 6) is 0.673. The fourth-order valence-corrected chi connectivity index (χ4v) is 2.13. The van der Waals surface area contributed by atoms with Gasteiger partial charge in [0, 0.05) is 5.56 Å². The molecular formula is C18H20N2O5. The first kappa shape index (κ1) is 18.1. The standard InChI is InChI=1S/C18H20N2O5/c1-23-15-8-7-12(11-16(15)24-2)18(22)20-13-5-3-4-6-14(13)25-10-9-17(19)21/h3-8,11H,9-10H2,1-2H3,(H2,19,21)(H,20,22). The molecule has 0 atom stereocenters. The predicted molar refractivity (Wildman–Crippen MR) is 93.2 cm³/mol. The lowest BCUT2D eigenvalue weighted by atomic mass is 10.1. The van der Waals surface area contributed by atoms with E-state index in [-0.39, 0.29) is 18.9 Å². The highest BCUT2D eigenvalue weighted by molar-refractivity contribution is 6.05. The second-order valence-corrected chi connectivity index (χ2v) is 5.08. The van der Waals surface area contributed by atoms with Crippen LogP contribution in [0, 0.1) is 0 Å². The van der Waals surface area contributed by atoms with Gasteiger partial charge in [0.2, 0.25) is 5.91 Å². The third kappa shape index (κ3) is 4.87. The van der Waals surface area contributed by atoms with Gasteiger partial charge in [-0.3, -0.25) is 9.59 Å². The molecule has 3 N–H and O–H groups in total. The van der Waals surface area contributed by atoms with Crippen LogP contribution in [-0.2, 0) is 4.79 Å². The van der Waals surface area contributed by atoms with Crippen molar-refractivity contribution in [3.8, 4) is 17.2 Å². The zero-order valence-electron chi connectivity index (χ0n) is 14.1. The lowest BCUT2D eigenvalue weighted by Gasteiger charge is -2.13. The number of methoxy groups -OCH3 is 2. The van der Waals surface area contributed by atoms with Crippen molar-refractivity contribution in [3.63, 3.8) is 0 Å². The summed E-state index contributed by atoms with van der Waals surface area (Å²) in [6.45, 7) is 0.137. The minimum Gasteiger partial charge on any atom is -0.493 e. The number of rotatable bonds is 8. The van der Waals surface area contributed by atoms with Crippen LogP contribution in [0.1, 0.15) is 16.8 Å². The van der Waals surface area contributed by atoms with Crippen molar-refractivity contribution < 1.29 is 23.8 Å². The topological polar surface area (TPSA) is 99.9 Å². The van der Waals surface area contributed by atoms with Gasteiger partial charge in [-0.1, -0.05) is 12.1 Å². The van der Waals surface area contributed by atoms with Crippen molar-refractivity contribution in [2.75, 3.05) is 26.1 Å². The van der Waals surface area contributed by atoms with E-state index in [0.717, 1.165) is 0 Å². The fraction of sp³-hybridized carbons (Fsp3) is 0.222. The van der Waals surface area contributed by atoms with Gasteiger partial charge in [0.1, 0.15) is 5.75 Å². The Balaban J connectivity index is 2.14. The Bertz CT molecular complexity index is 761. The molecule has 132 valence electrons. The van der Waals surface area contributed by atoms with Crippen molar-refractivity contribution in [3.05, 3.63) is 48.0 Å². The molecule has 7 heteroatoms. The van der Waals surface area contributed by atoms with Crippen molar-refractivity contribution in [2.24, 2.45) is 5.73 Å². The number of hydrogen-bond donors (Lipinski definition) is 2. The first-order chi connectivity index (χ1) is 12.0. The van der Waals surface area contributed by atoms with Gasteiger partial charge in [0.05, 0.1) is 32.9 Å². The van der Waals surface area contributed by atoms with E-state index < -0.39 is 5.91 Å². The Morgan fingerprint density at radius 1 is 1.00 bits per heavy atom. The third-order valence-corrected chi connectivity index (χ3v) is 3.39. The number of hydrogen-bond acceptors (Lipinski definition) is 5. The van der Waals surface area contributed by atoms with Crippen molar-refractivity contribution >= 4 is 17.5 Å². The number of carbonyl (C=O) groups excluding carboxylic acids is 2. The van der Waals surface area contributed by atoms with Crippen LogP contribution >= 0.6 is 0 Å². The van der Waals surface area contributed by atoms with Crippen LogP contribution in [-0.4, -0.2) is 32.6 Å². The van der Waals surface area contributed by atoms with E-state index in [0.29, 0.717) is 28.5 Å². The molecule has 0 aliphatic heterocycles. The van der Waals surface area contributed by atoms with Gasteiger partial charge in [-0.25, -0.2) is 0 Å². The summed E-state index contributed by atoms with van der Waals surface area (Å²) in [4.78, 5) is 23.3. The molecule has 2 aromatic rings. The van der Waals surface area contributed by atoms with Crippen LogP contribution in [0.15, 0.2) is 42.5 Å². The Morgan fingerprint density at radius 3 is 2.40 bits per heavy atom. The van der Waals surface area contributed by atoms with Crippen molar-refractivity contribution in [1.82, 2.24) is 0 Å². The number of carbonyl (C=O) groups is 2. The molecule has 0 unspecified atom stereocenters. The normalized spacial score (nSPS) is 10.0. The van der Waals surface area contributed by atoms with Crippen LogP contribution in [0.5, 0.6) is 17.2 Å². The Morgan fingerprint density at radius 2 is 1.72 bits per heavy atom. The molecule has 7 nitrogen and oxygen atoms in total.